The topological polar surface area (TPSA) is 29.1 Å². The van der Waals surface area contributed by atoms with Crippen molar-refractivity contribution >= 4 is 11.0 Å². The molecule has 2 atom stereocenters. The zero-order valence-corrected chi connectivity index (χ0v) is 11.2. The second kappa shape index (κ2) is 5.23. The van der Waals surface area contributed by atoms with Crippen LogP contribution in [0.25, 0.3) is 0 Å². The molecule has 0 saturated heterocycles. The third-order valence-corrected chi connectivity index (χ3v) is 3.95. The number of halogens is 2. The number of rotatable bonds is 3. The number of hydrogen-bond acceptors (Lipinski definition) is 1. The van der Waals surface area contributed by atoms with Gasteiger partial charge in [0.2, 0.25) is 0 Å². The van der Waals surface area contributed by atoms with Crippen LogP contribution in [0, 0.1) is 11.6 Å². The van der Waals surface area contributed by atoms with Crippen LogP contribution in [0.2, 0.25) is 0 Å². The molecule has 1 rings (SSSR count). The van der Waals surface area contributed by atoms with Crippen LogP contribution in [0.3, 0.4) is 0 Å². The third-order valence-electron chi connectivity index (χ3n) is 2.27. The van der Waals surface area contributed by atoms with Crippen molar-refractivity contribution in [1.82, 2.24) is 4.72 Å². The molecular weight excluding hydrogens is 244 g/mol. The fourth-order valence-corrected chi connectivity index (χ4v) is 2.06. The van der Waals surface area contributed by atoms with Crippen LogP contribution in [0.5, 0.6) is 0 Å². The molecule has 0 amide bonds. The number of hydrogen-bond donors (Lipinski definition) is 1. The molecule has 0 bridgehead atoms. The Morgan fingerprint density at radius 2 is 1.88 bits per heavy atom. The molecule has 0 spiro atoms. The first-order valence-electron chi connectivity index (χ1n) is 5.35. The molecule has 0 radical (unpaired) electrons. The van der Waals surface area contributed by atoms with E-state index in [1.54, 1.807) is 6.92 Å². The predicted octanol–water partition coefficient (Wildman–Crippen LogP) is 3.08. The average molecular weight is 261 g/mol. The Morgan fingerprint density at radius 3 is 2.35 bits per heavy atom. The Bertz CT molecular complexity index is 429. The fraction of sp³-hybridized carbons (Fsp3) is 0.500. The van der Waals surface area contributed by atoms with E-state index in [-0.39, 0.29) is 0 Å². The van der Waals surface area contributed by atoms with E-state index in [9.17, 15) is 13.0 Å². The molecule has 0 aliphatic rings. The Hall–Kier alpha value is -0.810. The molecule has 2 nitrogen and oxygen atoms in total. The van der Waals surface area contributed by atoms with Gasteiger partial charge in [-0.1, -0.05) is 6.07 Å². The lowest BCUT2D eigenvalue weighted by Crippen LogP contribution is -2.35. The van der Waals surface area contributed by atoms with Crippen molar-refractivity contribution in [1.29, 1.82) is 0 Å². The van der Waals surface area contributed by atoms with Crippen LogP contribution in [0.15, 0.2) is 18.2 Å². The molecule has 1 aromatic carbocycles. The van der Waals surface area contributed by atoms with Gasteiger partial charge < -0.3 is 0 Å². The SMILES string of the molecule is CC(NS(=O)C(C)(C)C)c1ccc(F)cc1F. The van der Waals surface area contributed by atoms with Crippen molar-refractivity contribution in [2.45, 2.75) is 38.5 Å². The Kier molecular flexibility index (Phi) is 4.38. The molecule has 2 unspecified atom stereocenters. The summed E-state index contributed by atoms with van der Waals surface area (Å²) in [6, 6.07) is 2.95. The van der Waals surface area contributed by atoms with Gasteiger partial charge in [-0.25, -0.2) is 17.7 Å². The number of benzene rings is 1. The van der Waals surface area contributed by atoms with E-state index in [0.29, 0.717) is 5.56 Å². The zero-order valence-electron chi connectivity index (χ0n) is 10.4. The molecule has 0 heterocycles. The Balaban J connectivity index is 2.84. The van der Waals surface area contributed by atoms with Crippen molar-refractivity contribution in [2.24, 2.45) is 0 Å². The molecule has 0 fully saturated rings. The van der Waals surface area contributed by atoms with Gasteiger partial charge in [-0.15, -0.1) is 0 Å². The van der Waals surface area contributed by atoms with Crippen LogP contribution >= 0.6 is 0 Å². The summed E-state index contributed by atoms with van der Waals surface area (Å²) in [7, 11) is -1.29. The first-order chi connectivity index (χ1) is 7.71. The van der Waals surface area contributed by atoms with Crippen molar-refractivity contribution in [3.05, 3.63) is 35.4 Å². The minimum atomic E-state index is -1.29. The maximum atomic E-state index is 13.5. The van der Waals surface area contributed by atoms with E-state index < -0.39 is 33.4 Å². The van der Waals surface area contributed by atoms with Gasteiger partial charge in [0, 0.05) is 17.7 Å². The Morgan fingerprint density at radius 1 is 1.29 bits per heavy atom. The van der Waals surface area contributed by atoms with E-state index in [2.05, 4.69) is 4.72 Å². The minimum absolute atomic E-state index is 0.309. The second-order valence-electron chi connectivity index (χ2n) is 4.89. The van der Waals surface area contributed by atoms with Gasteiger partial charge in [0.15, 0.2) is 0 Å². The lowest BCUT2D eigenvalue weighted by Gasteiger charge is -2.22. The zero-order chi connectivity index (χ0) is 13.2. The number of nitrogens with one attached hydrogen (secondary N) is 1. The first-order valence-corrected chi connectivity index (χ1v) is 6.50. The highest BCUT2D eigenvalue weighted by Gasteiger charge is 2.22. The molecule has 0 aliphatic heterocycles. The minimum Gasteiger partial charge on any atom is -0.242 e. The summed E-state index contributed by atoms with van der Waals surface area (Å²) in [5, 5.41) is 0. The summed E-state index contributed by atoms with van der Waals surface area (Å²) < 4.78 is 40.4. The highest BCUT2D eigenvalue weighted by Crippen LogP contribution is 2.20. The summed E-state index contributed by atoms with van der Waals surface area (Å²) >= 11 is 0. The largest absolute Gasteiger partial charge is 0.242 e. The van der Waals surface area contributed by atoms with Gasteiger partial charge in [-0.2, -0.15) is 0 Å². The van der Waals surface area contributed by atoms with Crippen molar-refractivity contribution in [3.63, 3.8) is 0 Å². The maximum Gasteiger partial charge on any atom is 0.130 e. The highest BCUT2D eigenvalue weighted by molar-refractivity contribution is 7.84. The summed E-state index contributed by atoms with van der Waals surface area (Å²) in [6.07, 6.45) is 0. The third kappa shape index (κ3) is 3.85. The fourth-order valence-electron chi connectivity index (χ4n) is 1.25. The quantitative estimate of drug-likeness (QED) is 0.890. The van der Waals surface area contributed by atoms with E-state index in [4.69, 9.17) is 0 Å². The van der Waals surface area contributed by atoms with E-state index in [1.807, 2.05) is 20.8 Å². The van der Waals surface area contributed by atoms with Crippen molar-refractivity contribution in [3.8, 4) is 0 Å². The van der Waals surface area contributed by atoms with Crippen LogP contribution in [-0.4, -0.2) is 8.96 Å². The smallest absolute Gasteiger partial charge is 0.130 e. The summed E-state index contributed by atoms with van der Waals surface area (Å²) in [4.78, 5) is 0. The summed E-state index contributed by atoms with van der Waals surface area (Å²) in [6.45, 7) is 7.16. The van der Waals surface area contributed by atoms with E-state index in [1.165, 1.54) is 12.1 Å². The summed E-state index contributed by atoms with van der Waals surface area (Å²) in [5.74, 6) is -1.24. The lowest BCUT2D eigenvalue weighted by molar-refractivity contribution is 0.551. The van der Waals surface area contributed by atoms with Gasteiger partial charge >= 0.3 is 0 Å². The maximum absolute atomic E-state index is 13.5. The normalized spacial score (nSPS) is 15.6. The van der Waals surface area contributed by atoms with Gasteiger partial charge in [-0.05, 0) is 33.8 Å². The van der Waals surface area contributed by atoms with Crippen LogP contribution in [-0.2, 0) is 11.0 Å². The van der Waals surface area contributed by atoms with Crippen molar-refractivity contribution < 1.29 is 13.0 Å². The molecule has 5 heteroatoms. The van der Waals surface area contributed by atoms with E-state index >= 15 is 0 Å². The molecule has 17 heavy (non-hydrogen) atoms. The molecule has 0 aliphatic carbocycles. The molecule has 0 aromatic heterocycles. The molecular formula is C12H17F2NOS. The molecule has 1 aromatic rings. The van der Waals surface area contributed by atoms with Crippen molar-refractivity contribution in [2.75, 3.05) is 0 Å². The average Bonchev–Trinajstić information content (AvgIpc) is 2.15. The Labute approximate surface area is 103 Å². The lowest BCUT2D eigenvalue weighted by atomic mass is 10.1. The van der Waals surface area contributed by atoms with Crippen LogP contribution < -0.4 is 4.72 Å². The summed E-state index contributed by atoms with van der Waals surface area (Å²) in [5.41, 5.74) is 0.309. The predicted molar refractivity (Wildman–Crippen MR) is 65.8 cm³/mol. The second-order valence-corrected chi connectivity index (χ2v) is 6.88. The molecule has 96 valence electrons. The van der Waals surface area contributed by atoms with Crippen LogP contribution in [0.1, 0.15) is 39.3 Å². The van der Waals surface area contributed by atoms with Gasteiger partial charge in [0.1, 0.15) is 11.6 Å². The van der Waals surface area contributed by atoms with Gasteiger partial charge in [0.05, 0.1) is 15.7 Å². The molecule has 1 N–H and O–H groups in total. The first kappa shape index (κ1) is 14.3. The monoisotopic (exact) mass is 261 g/mol. The van der Waals surface area contributed by atoms with Gasteiger partial charge in [-0.3, -0.25) is 0 Å². The van der Waals surface area contributed by atoms with Crippen LogP contribution in [0.4, 0.5) is 8.78 Å². The standard InChI is InChI=1S/C12H17F2NOS/c1-8(15-17(16)12(2,3)4)10-6-5-9(13)7-11(10)14/h5-8,15H,1-4H3. The van der Waals surface area contributed by atoms with E-state index in [0.717, 1.165) is 6.07 Å². The molecule has 0 saturated carbocycles. The van der Waals surface area contributed by atoms with Gasteiger partial charge in [0.25, 0.3) is 0 Å². The highest BCUT2D eigenvalue weighted by atomic mass is 32.2.